The number of carbonyl (C=O) groups is 4. The number of carbonyl (C=O) groups excluding carboxylic acids is 4. The number of nitrogens with zero attached hydrogens (tertiary/aromatic N) is 1. The number of rotatable bonds is 7. The Morgan fingerprint density at radius 1 is 1.18 bits per heavy atom. The number of likely N-dealkylation sites (tertiary alicyclic amines) is 1. The second kappa shape index (κ2) is 10.3. The third-order valence-corrected chi connectivity index (χ3v) is 4.16. The van der Waals surface area contributed by atoms with Crippen molar-refractivity contribution in [2.75, 3.05) is 20.2 Å². The fraction of sp³-hybridized carbons (Fsp3) is 0.789. The van der Waals surface area contributed by atoms with Crippen LogP contribution in [-0.2, 0) is 23.9 Å². The molecule has 9 heteroatoms. The van der Waals surface area contributed by atoms with Crippen molar-refractivity contribution in [2.45, 2.75) is 71.6 Å². The summed E-state index contributed by atoms with van der Waals surface area (Å²) in [5.74, 6) is -1.30. The molecule has 1 saturated heterocycles. The minimum Gasteiger partial charge on any atom is -0.468 e. The van der Waals surface area contributed by atoms with Crippen LogP contribution in [-0.4, -0.2) is 66.7 Å². The van der Waals surface area contributed by atoms with E-state index < -0.39 is 41.6 Å². The van der Waals surface area contributed by atoms with Crippen molar-refractivity contribution < 1.29 is 28.7 Å². The van der Waals surface area contributed by atoms with Crippen LogP contribution >= 0.6 is 0 Å². The number of nitrogens with one attached hydrogen (secondary N) is 2. The lowest BCUT2D eigenvalue weighted by Crippen LogP contribution is -2.54. The average molecular weight is 399 g/mol. The highest BCUT2D eigenvalue weighted by Gasteiger charge is 2.38. The summed E-state index contributed by atoms with van der Waals surface area (Å²) in [7, 11) is 1.23. The van der Waals surface area contributed by atoms with Crippen LogP contribution < -0.4 is 10.6 Å². The number of methoxy groups -OCH3 is 1. The molecule has 1 fully saturated rings. The van der Waals surface area contributed by atoms with Crippen LogP contribution in [0.15, 0.2) is 0 Å². The van der Waals surface area contributed by atoms with Gasteiger partial charge in [0.05, 0.1) is 7.11 Å². The van der Waals surface area contributed by atoms with Gasteiger partial charge in [-0.05, 0) is 46.0 Å². The first kappa shape index (κ1) is 23.7. The first-order valence-electron chi connectivity index (χ1n) is 9.59. The maximum atomic E-state index is 12.8. The van der Waals surface area contributed by atoms with Gasteiger partial charge in [0.25, 0.3) is 0 Å². The molecule has 0 aromatic heterocycles. The monoisotopic (exact) mass is 399 g/mol. The van der Waals surface area contributed by atoms with Gasteiger partial charge in [-0.3, -0.25) is 19.3 Å². The van der Waals surface area contributed by atoms with Crippen LogP contribution in [0.5, 0.6) is 0 Å². The third kappa shape index (κ3) is 7.74. The van der Waals surface area contributed by atoms with Crippen LogP contribution in [0, 0.1) is 5.92 Å². The van der Waals surface area contributed by atoms with Crippen LogP contribution in [0.2, 0.25) is 0 Å². The topological polar surface area (TPSA) is 114 Å². The molecule has 0 aromatic rings. The molecule has 28 heavy (non-hydrogen) atoms. The third-order valence-electron chi connectivity index (χ3n) is 4.16. The van der Waals surface area contributed by atoms with Gasteiger partial charge in [-0.15, -0.1) is 0 Å². The Hall–Kier alpha value is -2.32. The van der Waals surface area contributed by atoms with Gasteiger partial charge >= 0.3 is 12.1 Å². The standard InChI is InChI=1S/C19H33N3O6/c1-12(2)10-13(16(24)20-11-15(23)27-6)21-17(25)14-8-7-9-22(14)18(26)28-19(3,4)5/h12-14H,7-11H2,1-6H3,(H,20,24)(H,21,25)/t13-,14-/m0/s1. The summed E-state index contributed by atoms with van der Waals surface area (Å²) in [6.07, 6.45) is 1.04. The summed E-state index contributed by atoms with van der Waals surface area (Å²) in [4.78, 5) is 50.2. The number of hydrogen-bond acceptors (Lipinski definition) is 6. The van der Waals surface area contributed by atoms with Gasteiger partial charge in [0.15, 0.2) is 0 Å². The van der Waals surface area contributed by atoms with E-state index in [1.54, 1.807) is 20.8 Å². The lowest BCUT2D eigenvalue weighted by Gasteiger charge is -2.29. The molecule has 160 valence electrons. The van der Waals surface area contributed by atoms with Crippen molar-refractivity contribution in [3.8, 4) is 0 Å². The average Bonchev–Trinajstić information content (AvgIpc) is 3.06. The molecule has 3 amide bonds. The van der Waals surface area contributed by atoms with E-state index in [1.807, 2.05) is 13.8 Å². The van der Waals surface area contributed by atoms with E-state index in [0.717, 1.165) is 0 Å². The van der Waals surface area contributed by atoms with E-state index in [9.17, 15) is 19.2 Å². The minimum atomic E-state index is -0.807. The van der Waals surface area contributed by atoms with Gasteiger partial charge in [-0.2, -0.15) is 0 Å². The molecule has 0 radical (unpaired) electrons. The molecule has 1 heterocycles. The second-order valence-corrected chi connectivity index (χ2v) is 8.32. The number of hydrogen-bond donors (Lipinski definition) is 2. The van der Waals surface area contributed by atoms with E-state index >= 15 is 0 Å². The summed E-state index contributed by atoms with van der Waals surface area (Å²) >= 11 is 0. The highest BCUT2D eigenvalue weighted by atomic mass is 16.6. The highest BCUT2D eigenvalue weighted by molar-refractivity contribution is 5.92. The number of ether oxygens (including phenoxy) is 2. The Kier molecular flexibility index (Phi) is 8.71. The molecule has 1 aliphatic rings. The molecule has 2 atom stereocenters. The van der Waals surface area contributed by atoms with Crippen molar-refractivity contribution in [2.24, 2.45) is 5.92 Å². The van der Waals surface area contributed by atoms with Crippen LogP contribution in [0.3, 0.4) is 0 Å². The van der Waals surface area contributed by atoms with Gasteiger partial charge in [0, 0.05) is 6.54 Å². The molecule has 0 unspecified atom stereocenters. The van der Waals surface area contributed by atoms with Crippen molar-refractivity contribution in [1.82, 2.24) is 15.5 Å². The molecule has 1 rings (SSSR count). The smallest absolute Gasteiger partial charge is 0.410 e. The summed E-state index contributed by atoms with van der Waals surface area (Å²) in [6, 6.07) is -1.49. The van der Waals surface area contributed by atoms with Gasteiger partial charge in [0.2, 0.25) is 11.8 Å². The molecule has 0 saturated carbocycles. The number of amides is 3. The molecule has 0 spiro atoms. The van der Waals surface area contributed by atoms with Crippen LogP contribution in [0.4, 0.5) is 4.79 Å². The molecule has 0 bridgehead atoms. The lowest BCUT2D eigenvalue weighted by molar-refractivity contribution is -0.141. The van der Waals surface area contributed by atoms with Crippen molar-refractivity contribution >= 4 is 23.9 Å². The van der Waals surface area contributed by atoms with Crippen LogP contribution in [0.1, 0.15) is 53.9 Å². The molecule has 9 nitrogen and oxygen atoms in total. The van der Waals surface area contributed by atoms with Gasteiger partial charge in [-0.1, -0.05) is 13.8 Å². The molecular weight excluding hydrogens is 366 g/mol. The summed E-state index contributed by atoms with van der Waals surface area (Å²) in [6.45, 7) is 9.30. The zero-order valence-electron chi connectivity index (χ0n) is 17.7. The van der Waals surface area contributed by atoms with Gasteiger partial charge in [-0.25, -0.2) is 4.79 Å². The van der Waals surface area contributed by atoms with Crippen LogP contribution in [0.25, 0.3) is 0 Å². The van der Waals surface area contributed by atoms with Gasteiger partial charge < -0.3 is 20.1 Å². The Labute approximate surface area is 166 Å². The summed E-state index contributed by atoms with van der Waals surface area (Å²) in [5, 5.41) is 5.19. The summed E-state index contributed by atoms with van der Waals surface area (Å²) in [5.41, 5.74) is -0.658. The van der Waals surface area contributed by atoms with Crippen molar-refractivity contribution in [3.05, 3.63) is 0 Å². The van der Waals surface area contributed by atoms with Crippen molar-refractivity contribution in [3.63, 3.8) is 0 Å². The Morgan fingerprint density at radius 2 is 1.82 bits per heavy atom. The normalized spacial score (nSPS) is 17.8. The molecular formula is C19H33N3O6. The first-order valence-corrected chi connectivity index (χ1v) is 9.59. The lowest BCUT2D eigenvalue weighted by atomic mass is 10.0. The van der Waals surface area contributed by atoms with E-state index in [2.05, 4.69) is 15.4 Å². The Bertz CT molecular complexity index is 585. The van der Waals surface area contributed by atoms with E-state index in [0.29, 0.717) is 25.8 Å². The fourth-order valence-corrected chi connectivity index (χ4v) is 2.90. The largest absolute Gasteiger partial charge is 0.468 e. The van der Waals surface area contributed by atoms with Gasteiger partial charge in [0.1, 0.15) is 24.2 Å². The predicted octanol–water partition coefficient (Wildman–Crippen LogP) is 1.21. The zero-order valence-corrected chi connectivity index (χ0v) is 17.7. The van der Waals surface area contributed by atoms with E-state index in [1.165, 1.54) is 12.0 Å². The van der Waals surface area contributed by atoms with E-state index in [4.69, 9.17) is 4.74 Å². The second-order valence-electron chi connectivity index (χ2n) is 8.32. The quantitative estimate of drug-likeness (QED) is 0.622. The van der Waals surface area contributed by atoms with E-state index in [-0.39, 0.29) is 12.5 Å². The fourth-order valence-electron chi connectivity index (χ4n) is 2.90. The summed E-state index contributed by atoms with van der Waals surface area (Å²) < 4.78 is 9.88. The maximum absolute atomic E-state index is 12.8. The van der Waals surface area contributed by atoms with Crippen molar-refractivity contribution in [1.29, 1.82) is 0 Å². The highest BCUT2D eigenvalue weighted by Crippen LogP contribution is 2.21. The maximum Gasteiger partial charge on any atom is 0.410 e. The first-order chi connectivity index (χ1) is 12.9. The Balaban J connectivity index is 2.78. The number of esters is 1. The zero-order chi connectivity index (χ0) is 21.5. The molecule has 0 aromatic carbocycles. The minimum absolute atomic E-state index is 0.139. The molecule has 0 aliphatic carbocycles. The SMILES string of the molecule is COC(=O)CNC(=O)[C@H](CC(C)C)NC(=O)[C@@H]1CCCN1C(=O)OC(C)(C)C. The Morgan fingerprint density at radius 3 is 2.36 bits per heavy atom. The molecule has 1 aliphatic heterocycles. The predicted molar refractivity (Wildman–Crippen MR) is 102 cm³/mol. The molecule has 2 N–H and O–H groups in total.